The number of H-pyrrole nitrogens is 1. The highest BCUT2D eigenvalue weighted by Crippen LogP contribution is 2.27. The number of rotatable bonds is 6. The molecule has 1 heterocycles. The number of sulfonamides is 1. The molecular formula is C20H22N4O4S. The van der Waals surface area contributed by atoms with Gasteiger partial charge in [0.2, 0.25) is 0 Å². The molecule has 0 bridgehead atoms. The molecule has 3 aromatic rings. The highest BCUT2D eigenvalue weighted by molar-refractivity contribution is 7.92. The summed E-state index contributed by atoms with van der Waals surface area (Å²) in [6.45, 7) is 1.74. The van der Waals surface area contributed by atoms with Crippen molar-refractivity contribution in [3.05, 3.63) is 64.8 Å². The van der Waals surface area contributed by atoms with Gasteiger partial charge in [0.1, 0.15) is 12.1 Å². The molecule has 0 saturated heterocycles. The fourth-order valence-corrected chi connectivity index (χ4v) is 4.64. The Morgan fingerprint density at radius 2 is 1.86 bits per heavy atom. The molecule has 0 atom stereocenters. The minimum atomic E-state index is -3.79. The zero-order valence-electron chi connectivity index (χ0n) is 16.0. The first kappa shape index (κ1) is 19.3. The Bertz CT molecular complexity index is 1160. The minimum absolute atomic E-state index is 0.140. The van der Waals surface area contributed by atoms with E-state index in [2.05, 4.69) is 14.9 Å². The van der Waals surface area contributed by atoms with Gasteiger partial charge < -0.3 is 4.74 Å². The lowest BCUT2D eigenvalue weighted by atomic mass is 10.1. The third kappa shape index (κ3) is 4.04. The molecule has 0 spiro atoms. The molecule has 1 aliphatic rings. The molecule has 0 aliphatic heterocycles. The van der Waals surface area contributed by atoms with Crippen molar-refractivity contribution in [3.8, 4) is 11.4 Å². The van der Waals surface area contributed by atoms with Crippen molar-refractivity contribution in [3.63, 3.8) is 0 Å². The fraction of sp³-hybridized carbons (Fsp3) is 0.300. The van der Waals surface area contributed by atoms with E-state index in [1.54, 1.807) is 37.3 Å². The third-order valence-electron chi connectivity index (χ3n) is 5.10. The molecule has 29 heavy (non-hydrogen) atoms. The van der Waals surface area contributed by atoms with Crippen molar-refractivity contribution in [2.24, 2.45) is 0 Å². The fourth-order valence-electron chi connectivity index (χ4n) is 3.51. The Balaban J connectivity index is 1.56. The first-order valence-electron chi connectivity index (χ1n) is 9.45. The number of ether oxygens (including phenoxy) is 1. The van der Waals surface area contributed by atoms with E-state index in [1.807, 2.05) is 0 Å². The molecule has 2 aromatic carbocycles. The Kier molecular flexibility index (Phi) is 5.14. The quantitative estimate of drug-likeness (QED) is 0.645. The van der Waals surface area contributed by atoms with Crippen molar-refractivity contribution in [1.29, 1.82) is 0 Å². The SMILES string of the molecule is Cc1c(NS(=O)(=O)c2ccc(OC3CCCC3)cc2)cccc1-n1cn[nH]c1=O. The summed E-state index contributed by atoms with van der Waals surface area (Å²) < 4.78 is 35.5. The van der Waals surface area contributed by atoms with E-state index in [-0.39, 0.29) is 11.0 Å². The average molecular weight is 414 g/mol. The van der Waals surface area contributed by atoms with E-state index < -0.39 is 15.7 Å². The Hall–Kier alpha value is -3.07. The molecule has 0 unspecified atom stereocenters. The molecule has 0 radical (unpaired) electrons. The van der Waals surface area contributed by atoms with Gasteiger partial charge in [0.25, 0.3) is 10.0 Å². The van der Waals surface area contributed by atoms with Crippen LogP contribution in [0.4, 0.5) is 5.69 Å². The van der Waals surface area contributed by atoms with Crippen LogP contribution in [0, 0.1) is 6.92 Å². The molecule has 1 aromatic heterocycles. The standard InChI is InChI=1S/C20H22N4O4S/c1-14-18(7-4-8-19(14)24-13-21-22-20(24)25)23-29(26,27)17-11-9-16(10-12-17)28-15-5-2-3-6-15/h4,7-13,15,23H,2-3,5-6H2,1H3,(H,22,25). The second-order valence-corrected chi connectivity index (χ2v) is 8.76. The van der Waals surface area contributed by atoms with Crippen LogP contribution in [-0.4, -0.2) is 29.3 Å². The van der Waals surface area contributed by atoms with Crippen LogP contribution in [0.1, 0.15) is 31.2 Å². The molecular weight excluding hydrogens is 392 g/mol. The summed E-state index contributed by atoms with van der Waals surface area (Å²) in [5, 5.41) is 6.04. The van der Waals surface area contributed by atoms with Gasteiger partial charge in [-0.25, -0.2) is 22.9 Å². The monoisotopic (exact) mass is 414 g/mol. The first-order chi connectivity index (χ1) is 13.9. The van der Waals surface area contributed by atoms with Gasteiger partial charge in [0.15, 0.2) is 0 Å². The molecule has 0 amide bonds. The molecule has 1 saturated carbocycles. The van der Waals surface area contributed by atoms with Crippen LogP contribution in [0.15, 0.2) is 58.5 Å². The van der Waals surface area contributed by atoms with Crippen LogP contribution in [-0.2, 0) is 10.0 Å². The van der Waals surface area contributed by atoms with Crippen LogP contribution in [0.2, 0.25) is 0 Å². The highest BCUT2D eigenvalue weighted by atomic mass is 32.2. The van der Waals surface area contributed by atoms with Crippen molar-refractivity contribution >= 4 is 15.7 Å². The van der Waals surface area contributed by atoms with E-state index in [1.165, 1.54) is 35.9 Å². The molecule has 1 fully saturated rings. The van der Waals surface area contributed by atoms with Crippen LogP contribution < -0.4 is 15.1 Å². The topological polar surface area (TPSA) is 106 Å². The van der Waals surface area contributed by atoms with Gasteiger partial charge >= 0.3 is 5.69 Å². The maximum absolute atomic E-state index is 12.8. The normalized spacial score (nSPS) is 14.8. The van der Waals surface area contributed by atoms with Crippen molar-refractivity contribution in [1.82, 2.24) is 14.8 Å². The number of benzene rings is 2. The zero-order valence-corrected chi connectivity index (χ0v) is 16.8. The number of aromatic amines is 1. The summed E-state index contributed by atoms with van der Waals surface area (Å²) in [7, 11) is -3.79. The number of hydrogen-bond donors (Lipinski definition) is 2. The van der Waals surface area contributed by atoms with E-state index >= 15 is 0 Å². The van der Waals surface area contributed by atoms with E-state index in [0.29, 0.717) is 22.7 Å². The maximum atomic E-state index is 12.8. The molecule has 8 nitrogen and oxygen atoms in total. The van der Waals surface area contributed by atoms with Gasteiger partial charge in [-0.15, -0.1) is 0 Å². The number of anilines is 1. The molecule has 1 aliphatic carbocycles. The Morgan fingerprint density at radius 1 is 1.14 bits per heavy atom. The van der Waals surface area contributed by atoms with E-state index in [0.717, 1.165) is 12.8 Å². The van der Waals surface area contributed by atoms with Crippen LogP contribution >= 0.6 is 0 Å². The van der Waals surface area contributed by atoms with E-state index in [9.17, 15) is 13.2 Å². The molecule has 9 heteroatoms. The number of nitrogens with zero attached hydrogens (tertiary/aromatic N) is 2. The van der Waals surface area contributed by atoms with Crippen LogP contribution in [0.5, 0.6) is 5.75 Å². The van der Waals surface area contributed by atoms with Gasteiger partial charge in [0, 0.05) is 0 Å². The minimum Gasteiger partial charge on any atom is -0.490 e. The van der Waals surface area contributed by atoms with Gasteiger partial charge in [-0.1, -0.05) is 6.07 Å². The summed E-state index contributed by atoms with van der Waals surface area (Å²) >= 11 is 0. The van der Waals surface area contributed by atoms with Gasteiger partial charge in [-0.05, 0) is 74.6 Å². The smallest absolute Gasteiger partial charge is 0.347 e. The lowest BCUT2D eigenvalue weighted by molar-refractivity contribution is 0.210. The summed E-state index contributed by atoms with van der Waals surface area (Å²) in [6.07, 6.45) is 5.99. The first-order valence-corrected chi connectivity index (χ1v) is 10.9. The predicted octanol–water partition coefficient (Wildman–Crippen LogP) is 2.99. The molecule has 152 valence electrons. The maximum Gasteiger partial charge on any atom is 0.347 e. The van der Waals surface area contributed by atoms with Gasteiger partial charge in [-0.3, -0.25) is 4.72 Å². The van der Waals surface area contributed by atoms with Crippen molar-refractivity contribution < 1.29 is 13.2 Å². The van der Waals surface area contributed by atoms with Gasteiger partial charge in [0.05, 0.1) is 22.4 Å². The number of aromatic nitrogens is 3. The average Bonchev–Trinajstić information content (AvgIpc) is 3.36. The largest absolute Gasteiger partial charge is 0.490 e. The Labute approximate surface area is 168 Å². The number of hydrogen-bond acceptors (Lipinski definition) is 5. The second kappa shape index (κ2) is 7.75. The van der Waals surface area contributed by atoms with E-state index in [4.69, 9.17) is 4.74 Å². The second-order valence-electron chi connectivity index (χ2n) is 7.08. The van der Waals surface area contributed by atoms with Crippen LogP contribution in [0.3, 0.4) is 0 Å². The Morgan fingerprint density at radius 3 is 2.52 bits per heavy atom. The third-order valence-corrected chi connectivity index (χ3v) is 6.48. The summed E-state index contributed by atoms with van der Waals surface area (Å²) in [6, 6.07) is 11.5. The molecule has 4 rings (SSSR count). The van der Waals surface area contributed by atoms with Gasteiger partial charge in [-0.2, -0.15) is 5.10 Å². The van der Waals surface area contributed by atoms with Crippen LogP contribution in [0.25, 0.3) is 5.69 Å². The summed E-state index contributed by atoms with van der Waals surface area (Å²) in [5.41, 5.74) is 1.15. The zero-order chi connectivity index (χ0) is 20.4. The summed E-state index contributed by atoms with van der Waals surface area (Å²) in [5.74, 6) is 0.674. The lowest BCUT2D eigenvalue weighted by Crippen LogP contribution is -2.17. The lowest BCUT2D eigenvalue weighted by Gasteiger charge is -2.15. The summed E-state index contributed by atoms with van der Waals surface area (Å²) in [4.78, 5) is 12.0. The molecule has 2 N–H and O–H groups in total. The number of nitrogens with one attached hydrogen (secondary N) is 2. The van der Waals surface area contributed by atoms with Crippen molar-refractivity contribution in [2.45, 2.75) is 43.6 Å². The highest BCUT2D eigenvalue weighted by Gasteiger charge is 2.19. The predicted molar refractivity (Wildman–Crippen MR) is 109 cm³/mol. The van der Waals surface area contributed by atoms with Crippen molar-refractivity contribution in [2.75, 3.05) is 4.72 Å².